The van der Waals surface area contributed by atoms with Gasteiger partial charge in [0.25, 0.3) is 0 Å². The van der Waals surface area contributed by atoms with Crippen LogP contribution in [0.25, 0.3) is 0 Å². The molecule has 0 fully saturated rings. The Labute approximate surface area is 111 Å². The van der Waals surface area contributed by atoms with Gasteiger partial charge in [0.05, 0.1) is 0 Å². The molecule has 0 saturated heterocycles. The maximum atomic E-state index is 11.1. The molecule has 2 aromatic carbocycles. The number of carboxylic acid groups (broad SMARTS) is 1. The topological polar surface area (TPSA) is 46.5 Å². The third-order valence-corrected chi connectivity index (χ3v) is 2.62. The first-order valence-corrected chi connectivity index (χ1v) is 5.71. The number of terminal acetylenes is 1. The zero-order chi connectivity index (χ0) is 13.7. The summed E-state index contributed by atoms with van der Waals surface area (Å²) < 4.78 is 5.55. The molecule has 2 rings (SSSR count). The minimum Gasteiger partial charge on any atom is -0.488 e. The van der Waals surface area contributed by atoms with Gasteiger partial charge in [0.1, 0.15) is 17.9 Å². The van der Waals surface area contributed by atoms with Crippen LogP contribution in [0.2, 0.25) is 0 Å². The molecule has 0 spiro atoms. The molecular weight excluding hydrogens is 240 g/mol. The molecule has 0 saturated carbocycles. The molecule has 1 N–H and O–H groups in total. The minimum absolute atomic E-state index is 0.106. The van der Waals surface area contributed by atoms with E-state index < -0.39 is 5.97 Å². The molecule has 0 unspecified atom stereocenters. The third-order valence-electron chi connectivity index (χ3n) is 2.62. The van der Waals surface area contributed by atoms with Crippen LogP contribution >= 0.6 is 0 Å². The summed E-state index contributed by atoms with van der Waals surface area (Å²) in [6, 6.07) is 14.1. The van der Waals surface area contributed by atoms with Crippen LogP contribution in [0.1, 0.15) is 21.5 Å². The number of hydrogen-bond donors (Lipinski definition) is 1. The second kappa shape index (κ2) is 5.74. The fourth-order valence-corrected chi connectivity index (χ4v) is 1.64. The predicted molar refractivity (Wildman–Crippen MR) is 72.1 cm³/mol. The summed E-state index contributed by atoms with van der Waals surface area (Å²) in [4.78, 5) is 11.1. The standard InChI is InChI=1S/C16H12O3/c1-2-12-8-9-14(16(17)18)15(10-12)19-11-13-6-4-3-5-7-13/h1,3-10H,11H2,(H,17,18). The number of carboxylic acids is 1. The molecule has 0 aromatic heterocycles. The molecule has 3 nitrogen and oxygen atoms in total. The van der Waals surface area contributed by atoms with Gasteiger partial charge in [-0.25, -0.2) is 4.79 Å². The van der Waals surface area contributed by atoms with Gasteiger partial charge < -0.3 is 9.84 Å². The van der Waals surface area contributed by atoms with Crippen LogP contribution in [0.5, 0.6) is 5.75 Å². The first-order valence-electron chi connectivity index (χ1n) is 5.71. The summed E-state index contributed by atoms with van der Waals surface area (Å²) in [5.41, 5.74) is 1.66. The van der Waals surface area contributed by atoms with E-state index in [4.69, 9.17) is 16.3 Å². The van der Waals surface area contributed by atoms with Crippen molar-refractivity contribution in [3.63, 3.8) is 0 Å². The molecule has 0 aliphatic carbocycles. The molecule has 94 valence electrons. The maximum Gasteiger partial charge on any atom is 0.339 e. The van der Waals surface area contributed by atoms with Gasteiger partial charge in [-0.15, -0.1) is 6.42 Å². The van der Waals surface area contributed by atoms with Crippen LogP contribution in [-0.4, -0.2) is 11.1 Å². The maximum absolute atomic E-state index is 11.1. The molecule has 0 heterocycles. The second-order valence-electron chi connectivity index (χ2n) is 3.93. The molecule has 2 aromatic rings. The molecule has 0 aliphatic heterocycles. The molecule has 0 atom stereocenters. The number of ether oxygens (including phenoxy) is 1. The lowest BCUT2D eigenvalue weighted by atomic mass is 10.1. The highest BCUT2D eigenvalue weighted by atomic mass is 16.5. The van der Waals surface area contributed by atoms with Gasteiger partial charge in [-0.2, -0.15) is 0 Å². The fourth-order valence-electron chi connectivity index (χ4n) is 1.64. The van der Waals surface area contributed by atoms with Gasteiger partial charge in [-0.05, 0) is 23.8 Å². The van der Waals surface area contributed by atoms with Crippen LogP contribution in [-0.2, 0) is 6.61 Å². The van der Waals surface area contributed by atoms with E-state index >= 15 is 0 Å². The van der Waals surface area contributed by atoms with Crippen LogP contribution in [0.15, 0.2) is 48.5 Å². The predicted octanol–water partition coefficient (Wildman–Crippen LogP) is 2.95. The van der Waals surface area contributed by atoms with Crippen LogP contribution in [0.4, 0.5) is 0 Å². The molecule has 0 bridgehead atoms. The Balaban J connectivity index is 2.23. The van der Waals surface area contributed by atoms with Crippen molar-refractivity contribution in [3.8, 4) is 18.1 Å². The second-order valence-corrected chi connectivity index (χ2v) is 3.93. The highest BCUT2D eigenvalue weighted by Crippen LogP contribution is 2.21. The molecule has 0 amide bonds. The van der Waals surface area contributed by atoms with Crippen molar-refractivity contribution < 1.29 is 14.6 Å². The Morgan fingerprint density at radius 1 is 1.21 bits per heavy atom. The fraction of sp³-hybridized carbons (Fsp3) is 0.0625. The van der Waals surface area contributed by atoms with Crippen molar-refractivity contribution in [1.82, 2.24) is 0 Å². The average molecular weight is 252 g/mol. The Morgan fingerprint density at radius 3 is 2.58 bits per heavy atom. The van der Waals surface area contributed by atoms with E-state index in [0.29, 0.717) is 12.2 Å². The Morgan fingerprint density at radius 2 is 1.95 bits per heavy atom. The first kappa shape index (κ1) is 12.7. The number of benzene rings is 2. The van der Waals surface area contributed by atoms with Crippen LogP contribution in [0, 0.1) is 12.3 Å². The quantitative estimate of drug-likeness (QED) is 0.851. The van der Waals surface area contributed by atoms with Crippen molar-refractivity contribution in [2.75, 3.05) is 0 Å². The zero-order valence-electron chi connectivity index (χ0n) is 10.2. The Hall–Kier alpha value is -2.73. The highest BCUT2D eigenvalue weighted by Gasteiger charge is 2.11. The Kier molecular flexibility index (Phi) is 3.84. The summed E-state index contributed by atoms with van der Waals surface area (Å²) in [5.74, 6) is 1.71. The lowest BCUT2D eigenvalue weighted by molar-refractivity contribution is 0.0692. The minimum atomic E-state index is -1.04. The Bertz CT molecular complexity index is 624. The van der Waals surface area contributed by atoms with Crippen molar-refractivity contribution in [1.29, 1.82) is 0 Å². The van der Waals surface area contributed by atoms with E-state index in [1.165, 1.54) is 6.07 Å². The zero-order valence-corrected chi connectivity index (χ0v) is 10.2. The van der Waals surface area contributed by atoms with Gasteiger partial charge in [0.15, 0.2) is 0 Å². The lowest BCUT2D eigenvalue weighted by Crippen LogP contribution is -2.03. The number of hydrogen-bond acceptors (Lipinski definition) is 2. The van der Waals surface area contributed by atoms with E-state index in [1.54, 1.807) is 12.1 Å². The van der Waals surface area contributed by atoms with E-state index in [2.05, 4.69) is 5.92 Å². The van der Waals surface area contributed by atoms with Gasteiger partial charge in [0, 0.05) is 5.56 Å². The molecule has 3 heteroatoms. The summed E-state index contributed by atoms with van der Waals surface area (Å²) in [5, 5.41) is 9.09. The normalized spacial score (nSPS) is 9.63. The average Bonchev–Trinajstić information content (AvgIpc) is 2.45. The van der Waals surface area contributed by atoms with E-state index in [9.17, 15) is 4.79 Å². The summed E-state index contributed by atoms with van der Waals surface area (Å²) in [7, 11) is 0. The first-order chi connectivity index (χ1) is 9.20. The summed E-state index contributed by atoms with van der Waals surface area (Å²) >= 11 is 0. The highest BCUT2D eigenvalue weighted by molar-refractivity contribution is 5.91. The van der Waals surface area contributed by atoms with Gasteiger partial charge in [0.2, 0.25) is 0 Å². The summed E-state index contributed by atoms with van der Waals surface area (Å²) in [6.07, 6.45) is 5.30. The molecule has 19 heavy (non-hydrogen) atoms. The number of aromatic carboxylic acids is 1. The van der Waals surface area contributed by atoms with Gasteiger partial charge >= 0.3 is 5.97 Å². The van der Waals surface area contributed by atoms with Gasteiger partial charge in [-0.3, -0.25) is 0 Å². The molecular formula is C16H12O3. The van der Waals surface area contributed by atoms with E-state index in [1.807, 2.05) is 30.3 Å². The number of rotatable bonds is 4. The third kappa shape index (κ3) is 3.14. The summed E-state index contributed by atoms with van der Waals surface area (Å²) in [6.45, 7) is 0.301. The van der Waals surface area contributed by atoms with Crippen molar-refractivity contribution in [2.45, 2.75) is 6.61 Å². The lowest BCUT2D eigenvalue weighted by Gasteiger charge is -2.09. The van der Waals surface area contributed by atoms with E-state index in [0.717, 1.165) is 5.56 Å². The molecule has 0 aliphatic rings. The van der Waals surface area contributed by atoms with Crippen LogP contribution in [0.3, 0.4) is 0 Å². The smallest absolute Gasteiger partial charge is 0.339 e. The van der Waals surface area contributed by atoms with Gasteiger partial charge in [-0.1, -0.05) is 36.3 Å². The largest absolute Gasteiger partial charge is 0.488 e. The van der Waals surface area contributed by atoms with E-state index in [-0.39, 0.29) is 11.3 Å². The van der Waals surface area contributed by atoms with Crippen LogP contribution < -0.4 is 4.74 Å². The monoisotopic (exact) mass is 252 g/mol. The molecule has 0 radical (unpaired) electrons. The van der Waals surface area contributed by atoms with Crippen molar-refractivity contribution >= 4 is 5.97 Å². The van der Waals surface area contributed by atoms with Crippen molar-refractivity contribution in [2.24, 2.45) is 0 Å². The van der Waals surface area contributed by atoms with Crippen molar-refractivity contribution in [3.05, 3.63) is 65.2 Å². The number of carbonyl (C=O) groups is 1. The SMILES string of the molecule is C#Cc1ccc(C(=O)O)c(OCc2ccccc2)c1.